The maximum Gasteiger partial charge on any atom is 0.317 e. The summed E-state index contributed by atoms with van der Waals surface area (Å²) in [6, 6.07) is 11.0. The number of carbonyl (C=O) groups excluding carboxylic acids is 1. The molecule has 0 atom stereocenters. The van der Waals surface area contributed by atoms with Crippen LogP contribution in [0.4, 0.5) is 11.4 Å². The van der Waals surface area contributed by atoms with E-state index in [1.54, 1.807) is 0 Å². The molecule has 0 aliphatic carbocycles. The highest BCUT2D eigenvalue weighted by Crippen LogP contribution is 2.28. The van der Waals surface area contributed by atoms with Gasteiger partial charge in [-0.15, -0.1) is 0 Å². The number of methoxy groups -OCH3 is 1. The van der Waals surface area contributed by atoms with Crippen molar-refractivity contribution >= 4 is 17.3 Å². The summed E-state index contributed by atoms with van der Waals surface area (Å²) in [7, 11) is 1.23. The van der Waals surface area contributed by atoms with Gasteiger partial charge in [-0.25, -0.2) is 0 Å². The predicted octanol–water partition coefficient (Wildman–Crippen LogP) is 4.86. The number of nitro groups is 2. The van der Waals surface area contributed by atoms with E-state index in [1.807, 2.05) is 27.7 Å². The van der Waals surface area contributed by atoms with E-state index in [9.17, 15) is 25.0 Å². The standard InChI is InChI=1S/C15H12N2O6.2C2H6/c1-23-15(18)14(10-2-6-12(7-3-10)16(19)20)11-4-8-13(9-5-11)17(21)22;2*1-2/h2-9,14H,1H3;2*1-2H3. The van der Waals surface area contributed by atoms with Crippen LogP contribution in [-0.2, 0) is 9.53 Å². The van der Waals surface area contributed by atoms with E-state index >= 15 is 0 Å². The summed E-state index contributed by atoms with van der Waals surface area (Å²) in [5.41, 5.74) is 0.801. The Morgan fingerprint density at radius 2 is 1.07 bits per heavy atom. The molecule has 0 spiro atoms. The molecule has 27 heavy (non-hydrogen) atoms. The Balaban J connectivity index is 0.00000158. The molecule has 0 heterocycles. The average molecular weight is 376 g/mol. The summed E-state index contributed by atoms with van der Waals surface area (Å²) in [6.45, 7) is 8.00. The van der Waals surface area contributed by atoms with Crippen LogP contribution in [0.25, 0.3) is 0 Å². The molecule has 0 aliphatic heterocycles. The van der Waals surface area contributed by atoms with Gasteiger partial charge in [-0.05, 0) is 11.1 Å². The van der Waals surface area contributed by atoms with Crippen molar-refractivity contribution in [2.75, 3.05) is 7.11 Å². The molecule has 0 radical (unpaired) electrons. The van der Waals surface area contributed by atoms with Crippen molar-refractivity contribution in [1.82, 2.24) is 0 Å². The van der Waals surface area contributed by atoms with Crippen molar-refractivity contribution in [2.45, 2.75) is 33.6 Å². The second-order valence-corrected chi connectivity index (χ2v) is 4.65. The Hall–Kier alpha value is -3.29. The molecule has 2 rings (SSSR count). The van der Waals surface area contributed by atoms with Crippen molar-refractivity contribution < 1.29 is 19.4 Å². The molecule has 0 fully saturated rings. The molecular weight excluding hydrogens is 352 g/mol. The number of esters is 1. The maximum atomic E-state index is 12.1. The van der Waals surface area contributed by atoms with E-state index in [-0.39, 0.29) is 11.4 Å². The third-order valence-corrected chi connectivity index (χ3v) is 3.31. The van der Waals surface area contributed by atoms with Crippen LogP contribution < -0.4 is 0 Å². The molecular formula is C19H24N2O6. The van der Waals surface area contributed by atoms with E-state index in [1.165, 1.54) is 55.6 Å². The summed E-state index contributed by atoms with van der Waals surface area (Å²) in [5.74, 6) is -1.38. The number of carbonyl (C=O) groups is 1. The van der Waals surface area contributed by atoms with Crippen LogP contribution in [0.1, 0.15) is 44.7 Å². The number of non-ortho nitro benzene ring substituents is 2. The molecule has 0 bridgehead atoms. The normalized spacial score (nSPS) is 9.26. The summed E-state index contributed by atoms with van der Waals surface area (Å²) < 4.78 is 4.77. The quantitative estimate of drug-likeness (QED) is 0.418. The number of nitrogens with zero attached hydrogens (tertiary/aromatic N) is 2. The van der Waals surface area contributed by atoms with Gasteiger partial charge in [0.2, 0.25) is 0 Å². The van der Waals surface area contributed by atoms with Crippen molar-refractivity contribution in [3.63, 3.8) is 0 Å². The highest BCUT2D eigenvalue weighted by Gasteiger charge is 2.24. The minimum Gasteiger partial charge on any atom is -0.468 e. The van der Waals surface area contributed by atoms with Crippen molar-refractivity contribution in [3.05, 3.63) is 79.9 Å². The fourth-order valence-corrected chi connectivity index (χ4v) is 2.16. The van der Waals surface area contributed by atoms with Crippen LogP contribution in [0.5, 0.6) is 0 Å². The molecule has 8 heteroatoms. The lowest BCUT2D eigenvalue weighted by molar-refractivity contribution is -0.385. The Morgan fingerprint density at radius 3 is 1.30 bits per heavy atom. The van der Waals surface area contributed by atoms with Crippen LogP contribution in [0.15, 0.2) is 48.5 Å². The highest BCUT2D eigenvalue weighted by molar-refractivity contribution is 5.82. The zero-order chi connectivity index (χ0) is 21.0. The number of rotatable bonds is 5. The van der Waals surface area contributed by atoms with E-state index < -0.39 is 21.7 Å². The van der Waals surface area contributed by atoms with Gasteiger partial charge in [0.05, 0.1) is 17.0 Å². The van der Waals surface area contributed by atoms with Crippen LogP contribution in [0.3, 0.4) is 0 Å². The topological polar surface area (TPSA) is 113 Å². The number of nitro benzene ring substituents is 2. The molecule has 0 N–H and O–H groups in total. The van der Waals surface area contributed by atoms with Gasteiger partial charge in [0.1, 0.15) is 5.92 Å². The molecule has 0 saturated carbocycles. The van der Waals surface area contributed by atoms with Crippen LogP contribution in [0.2, 0.25) is 0 Å². The number of hydrogen-bond donors (Lipinski definition) is 0. The SMILES string of the molecule is CC.CC.COC(=O)C(c1ccc([N+](=O)[O-])cc1)c1ccc([N+](=O)[O-])cc1. The largest absolute Gasteiger partial charge is 0.468 e. The van der Waals surface area contributed by atoms with Gasteiger partial charge in [-0.1, -0.05) is 52.0 Å². The second-order valence-electron chi connectivity index (χ2n) is 4.65. The summed E-state index contributed by atoms with van der Waals surface area (Å²) in [6.07, 6.45) is 0. The first kappa shape index (κ1) is 23.7. The molecule has 0 amide bonds. The maximum absolute atomic E-state index is 12.1. The summed E-state index contributed by atoms with van der Waals surface area (Å²) in [5, 5.41) is 21.4. The lowest BCUT2D eigenvalue weighted by Gasteiger charge is -2.15. The van der Waals surface area contributed by atoms with Gasteiger partial charge in [-0.2, -0.15) is 0 Å². The minimum absolute atomic E-state index is 0.0962. The Labute approximate surface area is 158 Å². The lowest BCUT2D eigenvalue weighted by Crippen LogP contribution is -2.15. The van der Waals surface area contributed by atoms with Crippen molar-refractivity contribution in [3.8, 4) is 0 Å². The van der Waals surface area contributed by atoms with Crippen LogP contribution in [0, 0.1) is 20.2 Å². The Kier molecular flexibility index (Phi) is 10.6. The molecule has 8 nitrogen and oxygen atoms in total. The molecule has 146 valence electrons. The molecule has 0 unspecified atom stereocenters. The van der Waals surface area contributed by atoms with E-state index in [4.69, 9.17) is 4.74 Å². The average Bonchev–Trinajstić information content (AvgIpc) is 2.71. The molecule has 2 aromatic carbocycles. The van der Waals surface area contributed by atoms with Gasteiger partial charge >= 0.3 is 5.97 Å². The fraction of sp³-hybridized carbons (Fsp3) is 0.316. The molecule has 0 aromatic heterocycles. The first-order valence-electron chi connectivity index (χ1n) is 8.50. The number of benzene rings is 2. The van der Waals surface area contributed by atoms with E-state index in [0.29, 0.717) is 11.1 Å². The third kappa shape index (κ3) is 6.50. The first-order valence-corrected chi connectivity index (χ1v) is 8.50. The fourth-order valence-electron chi connectivity index (χ4n) is 2.16. The van der Waals surface area contributed by atoms with Gasteiger partial charge in [0, 0.05) is 24.3 Å². The lowest BCUT2D eigenvalue weighted by atomic mass is 9.91. The minimum atomic E-state index is -0.818. The van der Waals surface area contributed by atoms with Gasteiger partial charge in [-0.3, -0.25) is 25.0 Å². The number of ether oxygens (including phenoxy) is 1. The Morgan fingerprint density at radius 1 is 0.778 bits per heavy atom. The summed E-state index contributed by atoms with van der Waals surface area (Å²) in [4.78, 5) is 32.4. The van der Waals surface area contributed by atoms with Crippen molar-refractivity contribution in [2.24, 2.45) is 0 Å². The van der Waals surface area contributed by atoms with Crippen LogP contribution >= 0.6 is 0 Å². The predicted molar refractivity (Wildman–Crippen MR) is 103 cm³/mol. The van der Waals surface area contributed by atoms with Crippen LogP contribution in [-0.4, -0.2) is 22.9 Å². The van der Waals surface area contributed by atoms with E-state index in [0.717, 1.165) is 0 Å². The zero-order valence-corrected chi connectivity index (χ0v) is 16.0. The Bertz CT molecular complexity index is 684. The first-order chi connectivity index (χ1) is 12.9. The third-order valence-electron chi connectivity index (χ3n) is 3.31. The highest BCUT2D eigenvalue weighted by atomic mass is 16.6. The molecule has 0 aliphatic rings. The van der Waals surface area contributed by atoms with Gasteiger partial charge in [0.25, 0.3) is 11.4 Å². The molecule has 2 aromatic rings. The number of hydrogen-bond acceptors (Lipinski definition) is 6. The van der Waals surface area contributed by atoms with Gasteiger partial charge < -0.3 is 4.74 Å². The smallest absolute Gasteiger partial charge is 0.317 e. The zero-order valence-electron chi connectivity index (χ0n) is 16.0. The van der Waals surface area contributed by atoms with E-state index in [2.05, 4.69) is 0 Å². The van der Waals surface area contributed by atoms with Gasteiger partial charge in [0.15, 0.2) is 0 Å². The van der Waals surface area contributed by atoms with Crippen molar-refractivity contribution in [1.29, 1.82) is 0 Å². The monoisotopic (exact) mass is 376 g/mol. The second kappa shape index (κ2) is 12.1. The molecule has 0 saturated heterocycles. The summed E-state index contributed by atoms with van der Waals surface area (Å²) >= 11 is 0.